The zero-order chi connectivity index (χ0) is 40.7. The zero-order valence-corrected chi connectivity index (χ0v) is 35.7. The Labute approximate surface area is 338 Å². The summed E-state index contributed by atoms with van der Waals surface area (Å²) in [5.41, 5.74) is 3.74. The normalized spacial score (nSPS) is 24.2. The van der Waals surface area contributed by atoms with E-state index in [2.05, 4.69) is 58.9 Å². The van der Waals surface area contributed by atoms with Crippen LogP contribution in [0.25, 0.3) is 22.2 Å². The molecule has 2 aromatic carbocycles. The average molecular weight is 800 g/mol. The van der Waals surface area contributed by atoms with E-state index in [9.17, 15) is 18.0 Å². The highest BCUT2D eigenvalue weighted by Crippen LogP contribution is 2.66. The lowest BCUT2D eigenvalue weighted by molar-refractivity contribution is -0.137. The van der Waals surface area contributed by atoms with Crippen molar-refractivity contribution in [2.45, 2.75) is 129 Å². The maximum Gasteiger partial charge on any atom is 0.320 e. The van der Waals surface area contributed by atoms with Gasteiger partial charge >= 0.3 is 6.03 Å². The van der Waals surface area contributed by atoms with Gasteiger partial charge in [-0.25, -0.2) is 17.9 Å². The largest absolute Gasteiger partial charge is 0.497 e. The maximum atomic E-state index is 15.0. The van der Waals surface area contributed by atoms with E-state index < -0.39 is 26.6 Å². The van der Waals surface area contributed by atoms with Crippen LogP contribution in [0, 0.1) is 16.2 Å². The van der Waals surface area contributed by atoms with Crippen LogP contribution in [0.4, 0.5) is 4.79 Å². The lowest BCUT2D eigenvalue weighted by Gasteiger charge is -2.48. The van der Waals surface area contributed by atoms with Crippen LogP contribution < -0.4 is 9.46 Å². The van der Waals surface area contributed by atoms with E-state index in [1.165, 1.54) is 12.0 Å². The molecular formula is C45H61N5O6S. The minimum absolute atomic E-state index is 0.0603. The summed E-state index contributed by atoms with van der Waals surface area (Å²) in [7, 11) is -2.18. The number of nitrogens with zero attached hydrogens (tertiary/aromatic N) is 4. The van der Waals surface area contributed by atoms with Crippen molar-refractivity contribution < 1.29 is 27.5 Å². The molecule has 5 aliphatic rings. The monoisotopic (exact) mass is 799 g/mol. The van der Waals surface area contributed by atoms with E-state index in [1.807, 2.05) is 29.2 Å². The van der Waals surface area contributed by atoms with Gasteiger partial charge in [0.2, 0.25) is 15.9 Å². The topological polar surface area (TPSA) is 121 Å². The quantitative estimate of drug-likeness (QED) is 0.212. The first-order valence-electron chi connectivity index (χ1n) is 21.3. The summed E-state index contributed by atoms with van der Waals surface area (Å²) in [6.07, 6.45) is 9.22. The summed E-state index contributed by atoms with van der Waals surface area (Å²) >= 11 is 0. The van der Waals surface area contributed by atoms with Gasteiger partial charge in [0.05, 0.1) is 23.5 Å². The molecular weight excluding hydrogens is 739 g/mol. The maximum absolute atomic E-state index is 15.0. The Bertz CT molecular complexity index is 2150. The fraction of sp³-hybridized carbons (Fsp3) is 0.622. The molecule has 12 heteroatoms. The van der Waals surface area contributed by atoms with Gasteiger partial charge in [0.15, 0.2) is 0 Å². The Morgan fingerprint density at radius 1 is 0.825 bits per heavy atom. The predicted octanol–water partition coefficient (Wildman–Crippen LogP) is 7.78. The number of sulfonamides is 1. The van der Waals surface area contributed by atoms with Gasteiger partial charge in [-0.15, -0.1) is 0 Å². The fourth-order valence-electron chi connectivity index (χ4n) is 11.1. The third-order valence-electron chi connectivity index (χ3n) is 14.4. The van der Waals surface area contributed by atoms with Crippen molar-refractivity contribution >= 4 is 38.8 Å². The zero-order valence-electron chi connectivity index (χ0n) is 34.9. The van der Waals surface area contributed by atoms with Crippen molar-refractivity contribution in [2.24, 2.45) is 16.2 Å². The molecule has 8 rings (SSSR count). The molecule has 4 amide bonds. The van der Waals surface area contributed by atoms with Gasteiger partial charge in [-0.3, -0.25) is 9.59 Å². The number of methoxy groups -OCH3 is 1. The van der Waals surface area contributed by atoms with Gasteiger partial charge in [-0.1, -0.05) is 25.3 Å². The highest BCUT2D eigenvalue weighted by atomic mass is 32.2. The number of aromatic nitrogens is 1. The van der Waals surface area contributed by atoms with Crippen molar-refractivity contribution in [3.8, 4) is 17.0 Å². The van der Waals surface area contributed by atoms with Gasteiger partial charge in [0.1, 0.15) is 5.75 Å². The molecule has 3 heterocycles. The summed E-state index contributed by atoms with van der Waals surface area (Å²) in [6, 6.07) is 14.0. The molecule has 3 aromatic rings. The minimum atomic E-state index is -3.84. The molecule has 3 aliphatic carbocycles. The van der Waals surface area contributed by atoms with E-state index >= 15 is 4.79 Å². The number of likely N-dealkylation sites (tertiary alicyclic amines) is 2. The predicted molar refractivity (Wildman–Crippen MR) is 223 cm³/mol. The van der Waals surface area contributed by atoms with Gasteiger partial charge < -0.3 is 24.0 Å². The average Bonchev–Trinajstić information content (AvgIpc) is 3.78. The lowest BCUT2D eigenvalue weighted by atomic mass is 9.53. The molecule has 0 spiro atoms. The molecule has 0 bridgehead atoms. The Morgan fingerprint density at radius 3 is 1.95 bits per heavy atom. The van der Waals surface area contributed by atoms with E-state index in [4.69, 9.17) is 4.74 Å². The van der Waals surface area contributed by atoms with E-state index in [-0.39, 0.29) is 40.4 Å². The minimum Gasteiger partial charge on any atom is -0.497 e. The van der Waals surface area contributed by atoms with Gasteiger partial charge in [-0.05, 0) is 134 Å². The Balaban J connectivity index is 1.16. The third-order valence-corrected chi connectivity index (χ3v) is 16.1. The molecule has 0 radical (unpaired) electrons. The number of nitrogens with one attached hydrogen (secondary N) is 1. The second-order valence-corrected chi connectivity index (χ2v) is 21.1. The number of carbonyl (C=O) groups excluding carboxylic acids is 3. The Hall–Kier alpha value is -4.06. The van der Waals surface area contributed by atoms with Crippen LogP contribution in [-0.2, 0) is 21.4 Å². The molecule has 1 N–H and O–H groups in total. The second-order valence-electron chi connectivity index (χ2n) is 18.9. The number of hydrogen-bond donors (Lipinski definition) is 1. The van der Waals surface area contributed by atoms with Crippen molar-refractivity contribution in [3.05, 3.63) is 53.6 Å². The van der Waals surface area contributed by atoms with E-state index in [0.717, 1.165) is 79.3 Å². The van der Waals surface area contributed by atoms with E-state index in [1.54, 1.807) is 27.0 Å². The molecule has 2 unspecified atom stereocenters. The molecule has 308 valence electrons. The first-order chi connectivity index (χ1) is 27.0. The number of hydrogen-bond acceptors (Lipinski definition) is 6. The van der Waals surface area contributed by atoms with Crippen molar-refractivity contribution in [2.75, 3.05) is 33.3 Å². The highest BCUT2D eigenvalue weighted by Gasteiger charge is 2.71. The van der Waals surface area contributed by atoms with Crippen LogP contribution in [0.1, 0.15) is 121 Å². The first-order valence-corrected chi connectivity index (χ1v) is 22.8. The van der Waals surface area contributed by atoms with Crippen LogP contribution in [0.5, 0.6) is 5.75 Å². The molecule has 5 fully saturated rings. The molecule has 2 aliphatic heterocycles. The number of ether oxygens (including phenoxy) is 1. The number of urea groups is 1. The van der Waals surface area contributed by atoms with Crippen LogP contribution >= 0.6 is 0 Å². The van der Waals surface area contributed by atoms with Gasteiger partial charge in [0, 0.05) is 72.1 Å². The van der Waals surface area contributed by atoms with Crippen molar-refractivity contribution in [1.82, 2.24) is 24.0 Å². The van der Waals surface area contributed by atoms with Crippen molar-refractivity contribution in [3.63, 3.8) is 0 Å². The molecule has 2 atom stereocenters. The van der Waals surface area contributed by atoms with Crippen LogP contribution in [0.2, 0.25) is 0 Å². The number of rotatable bonds is 11. The summed E-state index contributed by atoms with van der Waals surface area (Å²) in [5.74, 6) is 0.608. The standard InChI is InChI=1S/C45H61N5O6S/c1-29(2)50(30(3)4)42(53)48-27-44-21-22-45(44,28-48)26-47(25-44)41(52)43(19-20-43)24-49-37-23-34(40(51)46-57(54,55)31(5)6)15-18-36(37)38(32-11-9-8-10-12-32)39(49)33-13-16-35(56-7)17-14-33/h13-18,23,29-32H,8-12,19-22,24-28H2,1-7H3,(H,46,51). The molecule has 2 saturated heterocycles. The summed E-state index contributed by atoms with van der Waals surface area (Å²) in [4.78, 5) is 48.6. The molecule has 11 nitrogen and oxygen atoms in total. The summed E-state index contributed by atoms with van der Waals surface area (Å²) in [6.45, 7) is 14.6. The van der Waals surface area contributed by atoms with Crippen LogP contribution in [-0.4, -0.2) is 96.2 Å². The van der Waals surface area contributed by atoms with Crippen molar-refractivity contribution in [1.29, 1.82) is 0 Å². The van der Waals surface area contributed by atoms with Crippen LogP contribution in [0.3, 0.4) is 0 Å². The highest BCUT2D eigenvalue weighted by molar-refractivity contribution is 7.90. The van der Waals surface area contributed by atoms with Gasteiger partial charge in [-0.2, -0.15) is 0 Å². The molecule has 57 heavy (non-hydrogen) atoms. The SMILES string of the molecule is COc1ccc(-c2c(C3CCCCC3)c3ccc(C(=O)NS(=O)(=O)C(C)C)cc3n2CC2(C(=O)N3CC45CCC4(CN(C(=O)N(C(C)C)C(C)C)C5)C3)CC2)cc1. The number of amides is 4. The third kappa shape index (κ3) is 6.61. The Morgan fingerprint density at radius 2 is 1.42 bits per heavy atom. The summed E-state index contributed by atoms with van der Waals surface area (Å²) < 4.78 is 35.7. The second kappa shape index (κ2) is 14.3. The fourth-order valence-corrected chi connectivity index (χ4v) is 11.7. The smallest absolute Gasteiger partial charge is 0.320 e. The van der Waals surface area contributed by atoms with Gasteiger partial charge in [0.25, 0.3) is 5.91 Å². The Kier molecular flexibility index (Phi) is 10.0. The number of benzene rings is 2. The van der Waals surface area contributed by atoms with E-state index in [0.29, 0.717) is 38.6 Å². The van der Waals surface area contributed by atoms with Crippen LogP contribution in [0.15, 0.2) is 42.5 Å². The molecule has 3 saturated carbocycles. The first kappa shape index (κ1) is 39.8. The summed E-state index contributed by atoms with van der Waals surface area (Å²) in [5, 5.41) is 0.291. The number of fused-ring (bicyclic) bond motifs is 1. The number of carbonyl (C=O) groups is 3. The molecule has 1 aromatic heterocycles. The lowest BCUT2D eigenvalue weighted by Crippen LogP contribution is -2.50.